The third kappa shape index (κ3) is 10.2. The summed E-state index contributed by atoms with van der Waals surface area (Å²) in [5, 5.41) is 3.76. The van der Waals surface area contributed by atoms with Gasteiger partial charge in [-0.25, -0.2) is 15.0 Å². The molecule has 0 aliphatic carbocycles. The van der Waals surface area contributed by atoms with E-state index in [2.05, 4.69) is 69.5 Å². The smallest absolute Gasteiger partial charge is 0.210 e. The molecule has 0 saturated heterocycles. The van der Waals surface area contributed by atoms with Gasteiger partial charge in [0.2, 0.25) is 16.6 Å². The minimum atomic E-state index is -5.75. The molecule has 7 nitrogen and oxygen atoms in total. The molecular formula is C27H24ClCrN3O4. The quantitative estimate of drug-likeness (QED) is 0.253. The second kappa shape index (κ2) is 14.6. The van der Waals surface area contributed by atoms with Crippen LogP contribution in [0.15, 0.2) is 128 Å². The zero-order valence-electron chi connectivity index (χ0n) is 19.0. The molecule has 3 N–H and O–H groups in total. The van der Waals surface area contributed by atoms with Gasteiger partial charge in [-0.05, 0) is 36.4 Å². The maximum atomic E-state index is 8.59. The van der Waals surface area contributed by atoms with Crippen molar-refractivity contribution in [2.75, 3.05) is 0 Å². The molecule has 6 rings (SSSR count). The minimum Gasteiger partial charge on any atom is -0.211 e. The fourth-order valence-corrected chi connectivity index (χ4v) is 3.19. The monoisotopic (exact) mass is 541 g/mol. The number of aromatic nitrogens is 3. The number of fused-ring (bicyclic) bond motifs is 3. The molecule has 0 amide bonds. The summed E-state index contributed by atoms with van der Waals surface area (Å²) in [6.07, 6.45) is 5.80. The number of benzene rings is 3. The number of H-pyrrole nitrogens is 3. The molecule has 0 fully saturated rings. The number of hydrogen-bond donors (Lipinski definition) is 0. The van der Waals surface area contributed by atoms with E-state index in [9.17, 15) is 0 Å². The van der Waals surface area contributed by atoms with Gasteiger partial charge in [0.05, 0.1) is 0 Å². The number of aromatic amines is 3. The minimum absolute atomic E-state index is 0. The Hall–Kier alpha value is -3.77. The van der Waals surface area contributed by atoms with E-state index in [1.54, 1.807) is 0 Å². The van der Waals surface area contributed by atoms with Crippen molar-refractivity contribution < 1.29 is 56.9 Å². The summed E-state index contributed by atoms with van der Waals surface area (Å²) in [6, 6.07) is 36.9. The van der Waals surface area contributed by atoms with Crippen molar-refractivity contribution >= 4 is 32.7 Å². The van der Waals surface area contributed by atoms with Crippen LogP contribution >= 0.6 is 0 Å². The van der Waals surface area contributed by atoms with E-state index in [1.165, 1.54) is 32.7 Å². The average molecular weight is 542 g/mol. The Morgan fingerprint density at radius 1 is 0.444 bits per heavy atom. The number of pyridine rings is 3. The summed E-state index contributed by atoms with van der Waals surface area (Å²) in [5.74, 6) is 0. The van der Waals surface area contributed by atoms with Gasteiger partial charge in [-0.1, -0.05) is 36.4 Å². The molecule has 0 aliphatic rings. The molecule has 0 spiro atoms. The predicted molar refractivity (Wildman–Crippen MR) is 123 cm³/mol. The summed E-state index contributed by atoms with van der Waals surface area (Å²) in [5.41, 5.74) is 3.56. The fourth-order valence-electron chi connectivity index (χ4n) is 3.19. The van der Waals surface area contributed by atoms with Crippen LogP contribution in [0.3, 0.4) is 0 Å². The summed E-state index contributed by atoms with van der Waals surface area (Å²) in [6.45, 7) is 0. The first kappa shape index (κ1) is 28.5. The van der Waals surface area contributed by atoms with Crippen molar-refractivity contribution in [3.05, 3.63) is 128 Å². The van der Waals surface area contributed by atoms with Crippen molar-refractivity contribution in [3.63, 3.8) is 0 Å². The summed E-state index contributed by atoms with van der Waals surface area (Å²) in [4.78, 5) is 9.45. The van der Waals surface area contributed by atoms with Crippen LogP contribution in [0.25, 0.3) is 32.7 Å². The van der Waals surface area contributed by atoms with E-state index in [0.717, 1.165) is 0 Å². The number of hydrogen-bond acceptors (Lipinski definition) is 4. The van der Waals surface area contributed by atoms with Gasteiger partial charge in [0.25, 0.3) is 0 Å². The van der Waals surface area contributed by atoms with Crippen molar-refractivity contribution in [2.45, 2.75) is 0 Å². The van der Waals surface area contributed by atoms with Gasteiger partial charge in [0.15, 0.2) is 18.6 Å². The molecule has 0 saturated carbocycles. The van der Waals surface area contributed by atoms with Gasteiger partial charge in [-0.3, -0.25) is 0 Å². The molecule has 9 heteroatoms. The summed E-state index contributed by atoms with van der Waals surface area (Å²) in [7, 11) is 0. The number of halogens is 1. The average Bonchev–Trinajstić information content (AvgIpc) is 2.89. The molecule has 6 aromatic rings. The molecule has 3 heterocycles. The number of rotatable bonds is 0. The second-order valence-corrected chi connectivity index (χ2v) is 8.46. The van der Waals surface area contributed by atoms with Crippen LogP contribution in [0.5, 0.6) is 0 Å². The predicted octanol–water partition coefficient (Wildman–Crippen LogP) is -0.652. The molecule has 0 bridgehead atoms. The zero-order valence-corrected chi connectivity index (χ0v) is 21.1. The van der Waals surface area contributed by atoms with Crippen molar-refractivity contribution in [2.24, 2.45) is 0 Å². The SMILES string of the molecule is [Cl-].[O]=[Cr](=[O])([O-])[O-].c1ccc2[nH+]cccc2c1.c1ccc2[nH+]cccc2c1.c1ccc2[nH+]cccc2c1. The first-order valence-corrected chi connectivity index (χ1v) is 12.7. The Bertz CT molecular complexity index is 1240. The Balaban J connectivity index is 0.000000172. The normalized spacial score (nSPS) is 9.94. The van der Waals surface area contributed by atoms with Crippen LogP contribution in [0.1, 0.15) is 0 Å². The van der Waals surface area contributed by atoms with Crippen molar-refractivity contribution in [1.82, 2.24) is 0 Å². The van der Waals surface area contributed by atoms with Crippen LogP contribution in [0, 0.1) is 0 Å². The zero-order chi connectivity index (χ0) is 24.9. The Kier molecular flexibility index (Phi) is 11.5. The van der Waals surface area contributed by atoms with Crippen LogP contribution < -0.4 is 35.7 Å². The van der Waals surface area contributed by atoms with Crippen molar-refractivity contribution in [1.29, 1.82) is 0 Å². The van der Waals surface area contributed by atoms with Gasteiger partial charge >= 0.3 is 29.5 Å². The van der Waals surface area contributed by atoms with Gasteiger partial charge in [-0.2, -0.15) is 0 Å². The molecule has 36 heavy (non-hydrogen) atoms. The van der Waals surface area contributed by atoms with Crippen LogP contribution in [-0.4, -0.2) is 0 Å². The topological polar surface area (TPSA) is 123 Å². The molecule has 0 unspecified atom stereocenters. The first-order chi connectivity index (χ1) is 16.9. The first-order valence-electron chi connectivity index (χ1n) is 10.6. The third-order valence-corrected chi connectivity index (χ3v) is 4.71. The second-order valence-electron chi connectivity index (χ2n) is 7.18. The van der Waals surface area contributed by atoms with Gasteiger partial charge < -0.3 is 12.4 Å². The van der Waals surface area contributed by atoms with Gasteiger partial charge in [0.1, 0.15) is 0 Å². The largest absolute Gasteiger partial charge is 0.211 e. The van der Waals surface area contributed by atoms with Gasteiger partial charge in [0, 0.05) is 52.6 Å². The molecule has 184 valence electrons. The molecule has 3 aromatic heterocycles. The van der Waals surface area contributed by atoms with E-state index >= 15 is 0 Å². The molecule has 0 atom stereocenters. The molecular weight excluding hydrogens is 518 g/mol. The van der Waals surface area contributed by atoms with Crippen molar-refractivity contribution in [3.8, 4) is 0 Å². The number of nitrogens with one attached hydrogen (secondary N) is 3. The molecule has 3 aromatic carbocycles. The Morgan fingerprint density at radius 3 is 0.917 bits per heavy atom. The fraction of sp³-hybridized carbons (Fsp3) is 0. The van der Waals surface area contributed by atoms with Crippen LogP contribution in [0.4, 0.5) is 0 Å². The van der Waals surface area contributed by atoms with E-state index in [-0.39, 0.29) is 12.4 Å². The standard InChI is InChI=1S/3C9H7N.ClH.Cr.4O/c3*1-2-6-9-8(4-1)5-3-7-10-9;;;;;;/h3*1-7H;1H;;;;;/q;;;;;;;2*-1/p+2. The Morgan fingerprint density at radius 2 is 0.667 bits per heavy atom. The molecule has 0 radical (unpaired) electrons. The van der Waals surface area contributed by atoms with E-state index < -0.39 is 13.6 Å². The van der Waals surface area contributed by atoms with Gasteiger partial charge in [-0.15, -0.1) is 0 Å². The van der Waals surface area contributed by atoms with Crippen LogP contribution in [0.2, 0.25) is 0 Å². The van der Waals surface area contributed by atoms with Crippen LogP contribution in [-0.2, 0) is 21.2 Å². The van der Waals surface area contributed by atoms with E-state index in [0.29, 0.717) is 0 Å². The maximum absolute atomic E-state index is 8.59. The molecule has 0 aliphatic heterocycles. The summed E-state index contributed by atoms with van der Waals surface area (Å²) >= 11 is -5.75. The van der Waals surface area contributed by atoms with E-state index in [1.807, 2.05) is 73.2 Å². The van der Waals surface area contributed by atoms with E-state index in [4.69, 9.17) is 15.9 Å². The maximum Gasteiger partial charge on any atom is 0.210 e. The summed E-state index contributed by atoms with van der Waals surface area (Å²) < 4.78 is 34.4. The third-order valence-electron chi connectivity index (χ3n) is 4.71. The Labute approximate surface area is 216 Å². The number of para-hydroxylation sites is 3.